The molecule has 0 heterocycles. The van der Waals surface area contributed by atoms with Crippen molar-refractivity contribution in [1.29, 1.82) is 0 Å². The van der Waals surface area contributed by atoms with Crippen molar-refractivity contribution in [3.8, 4) is 11.1 Å². The molecule has 0 spiro atoms. The first-order valence-electron chi connectivity index (χ1n) is 13.6. The van der Waals surface area contributed by atoms with E-state index in [1.54, 1.807) is 41.5 Å². The molecule has 2 aromatic carbocycles. The number of benzene rings is 2. The van der Waals surface area contributed by atoms with Crippen molar-refractivity contribution >= 4 is 23.9 Å². The number of esters is 1. The van der Waals surface area contributed by atoms with E-state index in [1.807, 2.05) is 48.5 Å². The van der Waals surface area contributed by atoms with Crippen LogP contribution in [0.5, 0.6) is 0 Å². The van der Waals surface area contributed by atoms with E-state index in [0.29, 0.717) is 0 Å². The Bertz CT molecular complexity index is 1220. The third-order valence-electron chi connectivity index (χ3n) is 6.31. The fraction of sp³-hybridized carbons (Fsp3) is 0.484. The van der Waals surface area contributed by atoms with E-state index in [-0.39, 0.29) is 32.0 Å². The molecule has 0 bridgehead atoms. The summed E-state index contributed by atoms with van der Waals surface area (Å²) >= 11 is 0. The highest BCUT2D eigenvalue weighted by Gasteiger charge is 2.32. The second-order valence-corrected chi connectivity index (χ2v) is 12.0. The summed E-state index contributed by atoms with van der Waals surface area (Å²) in [5.41, 5.74) is 2.89. The zero-order chi connectivity index (χ0) is 30.4. The smallest absolute Gasteiger partial charge is 0.407 e. The fourth-order valence-electron chi connectivity index (χ4n) is 4.48. The number of aliphatic carboxylic acids is 1. The summed E-state index contributed by atoms with van der Waals surface area (Å²) in [6.45, 7) is 10.3. The van der Waals surface area contributed by atoms with Crippen LogP contribution in [0.4, 0.5) is 4.79 Å². The Hall–Kier alpha value is -3.92. The van der Waals surface area contributed by atoms with Gasteiger partial charge in [0.05, 0.1) is 12.2 Å². The van der Waals surface area contributed by atoms with E-state index in [0.717, 1.165) is 22.3 Å². The predicted octanol–water partition coefficient (Wildman–Crippen LogP) is 4.40. The van der Waals surface area contributed by atoms with Gasteiger partial charge in [-0.3, -0.25) is 9.59 Å². The average Bonchev–Trinajstić information content (AvgIpc) is 3.19. The maximum Gasteiger partial charge on any atom is 0.407 e. The monoisotopic (exact) mass is 568 g/mol. The summed E-state index contributed by atoms with van der Waals surface area (Å²) in [5, 5.41) is 14.6. The molecule has 0 aliphatic heterocycles. The number of amides is 2. The molecule has 1 aliphatic rings. The van der Waals surface area contributed by atoms with Gasteiger partial charge >= 0.3 is 18.0 Å². The molecule has 222 valence electrons. The van der Waals surface area contributed by atoms with E-state index < -0.39 is 47.2 Å². The number of carbonyl (C=O) groups excluding carboxylic acids is 3. The first-order chi connectivity index (χ1) is 19.1. The maximum absolute atomic E-state index is 13.1. The molecule has 2 aromatic rings. The number of hydrogen-bond acceptors (Lipinski definition) is 7. The summed E-state index contributed by atoms with van der Waals surface area (Å²) < 4.78 is 16.5. The molecule has 41 heavy (non-hydrogen) atoms. The van der Waals surface area contributed by atoms with Gasteiger partial charge in [-0.2, -0.15) is 0 Å². The lowest BCUT2D eigenvalue weighted by atomic mass is 9.98. The van der Waals surface area contributed by atoms with E-state index in [1.165, 1.54) is 0 Å². The summed E-state index contributed by atoms with van der Waals surface area (Å²) in [5.74, 6) is -2.85. The van der Waals surface area contributed by atoms with Gasteiger partial charge < -0.3 is 30.0 Å². The number of ether oxygens (including phenoxy) is 3. The number of carboxylic acid groups (broad SMARTS) is 1. The number of carbonyl (C=O) groups is 4. The summed E-state index contributed by atoms with van der Waals surface area (Å²) in [7, 11) is 0. The minimum Gasteiger partial charge on any atom is -0.480 e. The molecule has 0 saturated heterocycles. The van der Waals surface area contributed by atoms with Crippen LogP contribution in [-0.2, 0) is 28.6 Å². The average molecular weight is 569 g/mol. The molecule has 10 heteroatoms. The quantitative estimate of drug-likeness (QED) is 0.339. The molecule has 0 fully saturated rings. The Labute approximate surface area is 240 Å². The Morgan fingerprint density at radius 2 is 1.39 bits per heavy atom. The molecular weight excluding hydrogens is 528 g/mol. The highest BCUT2D eigenvalue weighted by molar-refractivity contribution is 5.89. The van der Waals surface area contributed by atoms with Gasteiger partial charge in [-0.1, -0.05) is 48.5 Å². The van der Waals surface area contributed by atoms with Crippen molar-refractivity contribution in [3.63, 3.8) is 0 Å². The van der Waals surface area contributed by atoms with Crippen molar-refractivity contribution in [3.05, 3.63) is 59.7 Å². The Balaban J connectivity index is 1.66. The Morgan fingerprint density at radius 3 is 1.90 bits per heavy atom. The molecule has 0 saturated carbocycles. The third kappa shape index (κ3) is 9.31. The van der Waals surface area contributed by atoms with E-state index in [4.69, 9.17) is 14.2 Å². The maximum atomic E-state index is 13.1. The van der Waals surface area contributed by atoms with Gasteiger partial charge in [-0.15, -0.1) is 0 Å². The van der Waals surface area contributed by atoms with Crippen LogP contribution in [0.3, 0.4) is 0 Å². The molecule has 3 rings (SSSR count). The van der Waals surface area contributed by atoms with E-state index >= 15 is 0 Å². The van der Waals surface area contributed by atoms with Crippen LogP contribution in [0, 0.1) is 0 Å². The largest absolute Gasteiger partial charge is 0.480 e. The van der Waals surface area contributed by atoms with Crippen LogP contribution in [0.15, 0.2) is 48.5 Å². The van der Waals surface area contributed by atoms with Crippen LogP contribution < -0.4 is 10.6 Å². The number of alkyl carbamates (subject to hydrolysis) is 1. The fourth-order valence-corrected chi connectivity index (χ4v) is 4.48. The normalized spacial score (nSPS) is 14.3. The number of fused-ring (bicyclic) bond motifs is 3. The molecular formula is C31H40N2O8. The lowest BCUT2D eigenvalue weighted by molar-refractivity contribution is -0.155. The van der Waals surface area contributed by atoms with Crippen LogP contribution in [0.2, 0.25) is 0 Å². The second-order valence-electron chi connectivity index (χ2n) is 12.0. The molecule has 0 unspecified atom stereocenters. The van der Waals surface area contributed by atoms with Gasteiger partial charge in [0.2, 0.25) is 5.91 Å². The molecule has 2 atom stereocenters. The number of rotatable bonds is 11. The summed E-state index contributed by atoms with van der Waals surface area (Å²) in [6.07, 6.45) is -1.24. The number of hydrogen-bond donors (Lipinski definition) is 3. The highest BCUT2D eigenvalue weighted by Crippen LogP contribution is 2.44. The van der Waals surface area contributed by atoms with Gasteiger partial charge in [0.15, 0.2) is 0 Å². The van der Waals surface area contributed by atoms with E-state index in [9.17, 15) is 24.3 Å². The lowest BCUT2D eigenvalue weighted by Gasteiger charge is -2.26. The standard InChI is InChI=1S/C31H40N2O8/c1-30(2,3)40-18-25(27(35)32-24(28(36)37)15-16-26(34)41-31(4,5)6)33-29(38)39-17-23-21-13-9-7-11-19(21)20-12-8-10-14-22(20)23/h7-14,23-25H,15-18H2,1-6H3,(H,32,35)(H,33,38)(H,36,37)/t24-,25-/m0/s1. The van der Waals surface area contributed by atoms with Crippen molar-refractivity contribution in [2.24, 2.45) is 0 Å². The van der Waals surface area contributed by atoms with Crippen molar-refractivity contribution in [1.82, 2.24) is 10.6 Å². The van der Waals surface area contributed by atoms with Crippen molar-refractivity contribution in [2.75, 3.05) is 13.2 Å². The third-order valence-corrected chi connectivity index (χ3v) is 6.31. The number of carboxylic acids is 1. The first kappa shape index (κ1) is 31.6. The summed E-state index contributed by atoms with van der Waals surface area (Å²) in [6, 6.07) is 13.2. The van der Waals surface area contributed by atoms with E-state index in [2.05, 4.69) is 10.6 Å². The van der Waals surface area contributed by atoms with Crippen molar-refractivity contribution in [2.45, 2.75) is 83.6 Å². The molecule has 10 nitrogen and oxygen atoms in total. The van der Waals surface area contributed by atoms with Gasteiger partial charge in [-0.05, 0) is 70.2 Å². The Kier molecular flexibility index (Phi) is 10.1. The molecule has 0 aromatic heterocycles. The van der Waals surface area contributed by atoms with Gasteiger partial charge in [0.25, 0.3) is 0 Å². The topological polar surface area (TPSA) is 140 Å². The van der Waals surface area contributed by atoms with Crippen LogP contribution in [0.1, 0.15) is 71.4 Å². The Morgan fingerprint density at radius 1 is 0.829 bits per heavy atom. The van der Waals surface area contributed by atoms with Crippen LogP contribution in [-0.4, -0.2) is 65.5 Å². The zero-order valence-electron chi connectivity index (χ0n) is 24.5. The minimum absolute atomic E-state index is 0.0436. The number of nitrogens with one attached hydrogen (secondary N) is 2. The lowest BCUT2D eigenvalue weighted by Crippen LogP contribution is -2.54. The zero-order valence-corrected chi connectivity index (χ0v) is 24.5. The van der Waals surface area contributed by atoms with Gasteiger partial charge in [-0.25, -0.2) is 9.59 Å². The summed E-state index contributed by atoms with van der Waals surface area (Å²) in [4.78, 5) is 49.9. The molecule has 3 N–H and O–H groups in total. The first-order valence-corrected chi connectivity index (χ1v) is 13.6. The van der Waals surface area contributed by atoms with Crippen LogP contribution >= 0.6 is 0 Å². The van der Waals surface area contributed by atoms with Crippen LogP contribution in [0.25, 0.3) is 11.1 Å². The molecule has 1 aliphatic carbocycles. The molecule has 0 radical (unpaired) electrons. The second kappa shape index (κ2) is 13.2. The van der Waals surface area contributed by atoms with Crippen molar-refractivity contribution < 1.29 is 38.5 Å². The minimum atomic E-state index is -1.38. The highest BCUT2D eigenvalue weighted by atomic mass is 16.6. The SMILES string of the molecule is CC(C)(C)OC[C@H](NC(=O)OCC1c2ccccc2-c2ccccc21)C(=O)N[C@@H](CCC(=O)OC(C)(C)C)C(=O)O. The van der Waals surface area contributed by atoms with Gasteiger partial charge in [0, 0.05) is 12.3 Å². The predicted molar refractivity (Wildman–Crippen MR) is 152 cm³/mol. The molecule has 2 amide bonds. The van der Waals surface area contributed by atoms with Gasteiger partial charge in [0.1, 0.15) is 24.3 Å².